The Bertz CT molecular complexity index is 322. The quantitative estimate of drug-likeness (QED) is 0.302. The van der Waals surface area contributed by atoms with Crippen molar-refractivity contribution in [1.29, 1.82) is 0 Å². The van der Waals surface area contributed by atoms with Crippen LogP contribution in [0.2, 0.25) is 0 Å². The summed E-state index contributed by atoms with van der Waals surface area (Å²) in [6.07, 6.45) is 10.4. The highest BCUT2D eigenvalue weighted by Crippen LogP contribution is 2.15. The van der Waals surface area contributed by atoms with Gasteiger partial charge in [-0.3, -0.25) is 4.79 Å². The molecule has 0 spiro atoms. The lowest BCUT2D eigenvalue weighted by Gasteiger charge is -2.10. The van der Waals surface area contributed by atoms with Crippen LogP contribution >= 0.6 is 0 Å². The highest BCUT2D eigenvalue weighted by atomic mass is 16.5. The summed E-state index contributed by atoms with van der Waals surface area (Å²) in [7, 11) is 0. The molecule has 0 bridgehead atoms. The van der Waals surface area contributed by atoms with E-state index in [9.17, 15) is 4.79 Å². The van der Waals surface area contributed by atoms with Gasteiger partial charge in [-0.05, 0) is 45.6 Å². The van der Waals surface area contributed by atoms with Gasteiger partial charge in [-0.1, -0.05) is 50.3 Å². The summed E-state index contributed by atoms with van der Waals surface area (Å²) in [4.78, 5) is 11.5. The van der Waals surface area contributed by atoms with Crippen LogP contribution in [0.3, 0.4) is 0 Å². The summed E-state index contributed by atoms with van der Waals surface area (Å²) in [6, 6.07) is 0. The maximum atomic E-state index is 11.5. The zero-order valence-corrected chi connectivity index (χ0v) is 14.0. The van der Waals surface area contributed by atoms with Gasteiger partial charge >= 0.3 is 5.97 Å². The molecule has 0 saturated heterocycles. The van der Waals surface area contributed by atoms with Gasteiger partial charge < -0.3 is 4.74 Å². The minimum Gasteiger partial charge on any atom is -0.461 e. The van der Waals surface area contributed by atoms with Gasteiger partial charge in [0.1, 0.15) is 6.61 Å². The fraction of sp³-hybridized carbons (Fsp3) is 0.722. The van der Waals surface area contributed by atoms with E-state index < -0.39 is 0 Å². The van der Waals surface area contributed by atoms with Gasteiger partial charge in [-0.2, -0.15) is 0 Å². The number of carbonyl (C=O) groups excluding carboxylic acids is 1. The van der Waals surface area contributed by atoms with Crippen molar-refractivity contribution in [2.45, 2.75) is 73.1 Å². The van der Waals surface area contributed by atoms with E-state index in [1.807, 2.05) is 6.08 Å². The van der Waals surface area contributed by atoms with E-state index in [2.05, 4.69) is 40.7 Å². The number of allylic oxidation sites excluding steroid dienone is 3. The molecule has 1 atom stereocenters. The lowest BCUT2D eigenvalue weighted by molar-refractivity contribution is -0.142. The van der Waals surface area contributed by atoms with Crippen molar-refractivity contribution in [2.24, 2.45) is 5.92 Å². The van der Waals surface area contributed by atoms with Gasteiger partial charge in [0, 0.05) is 6.42 Å². The number of ether oxygens (including phenoxy) is 1. The molecule has 0 aliphatic heterocycles. The minimum atomic E-state index is -0.0675. The van der Waals surface area contributed by atoms with Crippen LogP contribution in [-0.2, 0) is 9.53 Å². The first kappa shape index (κ1) is 18.9. The van der Waals surface area contributed by atoms with Crippen molar-refractivity contribution < 1.29 is 9.53 Å². The molecule has 0 aliphatic carbocycles. The Morgan fingerprint density at radius 3 is 2.40 bits per heavy atom. The molecule has 0 unspecified atom stereocenters. The number of unbranched alkanes of at least 4 members (excludes halogenated alkanes) is 3. The normalized spacial score (nSPS) is 12.9. The Morgan fingerprint density at radius 1 is 1.10 bits per heavy atom. The third-order valence-electron chi connectivity index (χ3n) is 3.54. The number of hydrogen-bond acceptors (Lipinski definition) is 2. The molecule has 0 fully saturated rings. The molecule has 0 radical (unpaired) electrons. The van der Waals surface area contributed by atoms with Gasteiger partial charge in [-0.25, -0.2) is 0 Å². The molecule has 0 rings (SSSR count). The first-order chi connectivity index (χ1) is 9.47. The maximum Gasteiger partial charge on any atom is 0.306 e. The summed E-state index contributed by atoms with van der Waals surface area (Å²) in [5.74, 6) is 0.440. The van der Waals surface area contributed by atoms with Crippen molar-refractivity contribution in [1.82, 2.24) is 0 Å². The van der Waals surface area contributed by atoms with Crippen LogP contribution in [0.4, 0.5) is 0 Å². The van der Waals surface area contributed by atoms with Gasteiger partial charge in [0.25, 0.3) is 0 Å². The van der Waals surface area contributed by atoms with Crippen molar-refractivity contribution >= 4 is 5.97 Å². The first-order valence-electron chi connectivity index (χ1n) is 7.93. The molecule has 0 aromatic rings. The third kappa shape index (κ3) is 10.8. The highest BCUT2D eigenvalue weighted by Gasteiger charge is 2.04. The van der Waals surface area contributed by atoms with Crippen LogP contribution in [0.25, 0.3) is 0 Å². The van der Waals surface area contributed by atoms with E-state index in [-0.39, 0.29) is 5.97 Å². The lowest BCUT2D eigenvalue weighted by atomic mass is 9.98. The zero-order valence-electron chi connectivity index (χ0n) is 14.0. The fourth-order valence-corrected chi connectivity index (χ4v) is 1.83. The number of carbonyl (C=O) groups is 1. The molecule has 2 heteroatoms. The average molecular weight is 280 g/mol. The van der Waals surface area contributed by atoms with Crippen molar-refractivity contribution in [2.75, 3.05) is 6.61 Å². The summed E-state index contributed by atoms with van der Waals surface area (Å²) in [5, 5.41) is 0. The molecule has 0 aliphatic rings. The van der Waals surface area contributed by atoms with E-state index in [1.165, 1.54) is 24.0 Å². The topological polar surface area (TPSA) is 26.3 Å². The number of rotatable bonds is 10. The van der Waals surface area contributed by atoms with E-state index in [4.69, 9.17) is 4.74 Å². The van der Waals surface area contributed by atoms with E-state index in [0.29, 0.717) is 18.9 Å². The largest absolute Gasteiger partial charge is 0.461 e. The van der Waals surface area contributed by atoms with Crippen molar-refractivity contribution in [3.05, 3.63) is 23.3 Å². The zero-order chi connectivity index (χ0) is 15.4. The predicted molar refractivity (Wildman–Crippen MR) is 86.7 cm³/mol. The highest BCUT2D eigenvalue weighted by molar-refractivity contribution is 5.69. The van der Waals surface area contributed by atoms with E-state index >= 15 is 0 Å². The Hall–Kier alpha value is -1.05. The van der Waals surface area contributed by atoms with Crippen molar-refractivity contribution in [3.63, 3.8) is 0 Å². The van der Waals surface area contributed by atoms with Crippen LogP contribution in [0.5, 0.6) is 0 Å². The maximum absolute atomic E-state index is 11.5. The van der Waals surface area contributed by atoms with Crippen LogP contribution in [0, 0.1) is 5.92 Å². The van der Waals surface area contributed by atoms with Gasteiger partial charge in [0.05, 0.1) is 0 Å². The Morgan fingerprint density at radius 2 is 1.80 bits per heavy atom. The SMILES string of the molecule is CCCCCCC(=O)OC/C=C(\C)[C@@H](C)CC=C(C)C. The van der Waals surface area contributed by atoms with Gasteiger partial charge in [-0.15, -0.1) is 0 Å². The van der Waals surface area contributed by atoms with E-state index in [1.54, 1.807) is 0 Å². The van der Waals surface area contributed by atoms with E-state index in [0.717, 1.165) is 19.3 Å². The first-order valence-corrected chi connectivity index (χ1v) is 7.93. The third-order valence-corrected chi connectivity index (χ3v) is 3.54. The smallest absolute Gasteiger partial charge is 0.306 e. The van der Waals surface area contributed by atoms with Gasteiger partial charge in [0.2, 0.25) is 0 Å². The summed E-state index contributed by atoms with van der Waals surface area (Å²) in [6.45, 7) is 11.1. The molecular weight excluding hydrogens is 248 g/mol. The Labute approximate surface area is 125 Å². The second-order valence-corrected chi connectivity index (χ2v) is 5.86. The van der Waals surface area contributed by atoms with Crippen LogP contribution in [-0.4, -0.2) is 12.6 Å². The minimum absolute atomic E-state index is 0.0675. The molecule has 0 aromatic carbocycles. The second kappa shape index (κ2) is 11.7. The molecule has 116 valence electrons. The molecular formula is C18H32O2. The molecule has 0 saturated carbocycles. The van der Waals surface area contributed by atoms with Gasteiger partial charge in [0.15, 0.2) is 0 Å². The molecule has 0 heterocycles. The molecule has 0 aromatic heterocycles. The molecule has 20 heavy (non-hydrogen) atoms. The fourth-order valence-electron chi connectivity index (χ4n) is 1.83. The number of esters is 1. The second-order valence-electron chi connectivity index (χ2n) is 5.86. The Balaban J connectivity index is 3.86. The standard InChI is InChI=1S/C18H32O2/c1-6-7-8-9-10-18(19)20-14-13-17(5)16(4)12-11-15(2)3/h11,13,16H,6-10,12,14H2,1-5H3/b17-13+/t16-/m0/s1. The summed E-state index contributed by atoms with van der Waals surface area (Å²) < 4.78 is 5.24. The van der Waals surface area contributed by atoms with Crippen molar-refractivity contribution in [3.8, 4) is 0 Å². The average Bonchev–Trinajstić information content (AvgIpc) is 2.40. The van der Waals surface area contributed by atoms with Crippen LogP contribution in [0.1, 0.15) is 73.1 Å². The van der Waals surface area contributed by atoms with Crippen LogP contribution < -0.4 is 0 Å². The molecule has 0 amide bonds. The number of hydrogen-bond donors (Lipinski definition) is 0. The van der Waals surface area contributed by atoms with Crippen LogP contribution in [0.15, 0.2) is 23.3 Å². The predicted octanol–water partition coefficient (Wildman–Crippen LogP) is 5.44. The molecule has 0 N–H and O–H groups in total. The lowest BCUT2D eigenvalue weighted by Crippen LogP contribution is -2.05. The summed E-state index contributed by atoms with van der Waals surface area (Å²) >= 11 is 0. The summed E-state index contributed by atoms with van der Waals surface area (Å²) in [5.41, 5.74) is 2.64. The monoisotopic (exact) mass is 280 g/mol. The Kier molecular flexibility index (Phi) is 11.1. The molecule has 2 nitrogen and oxygen atoms in total.